The third kappa shape index (κ3) is 3.33. The summed E-state index contributed by atoms with van der Waals surface area (Å²) in [5.41, 5.74) is 2.41. The molecule has 0 amide bonds. The van der Waals surface area contributed by atoms with E-state index in [1.165, 1.54) is 23.2 Å². The van der Waals surface area contributed by atoms with Crippen LogP contribution in [0.5, 0.6) is 0 Å². The smallest absolute Gasteiger partial charge is 0.744 e. The molecule has 10 heteroatoms. The first-order chi connectivity index (χ1) is 7.48. The normalized spacial score (nSPS) is 18.7. The number of thiol groups is 1. The van der Waals surface area contributed by atoms with E-state index in [1.807, 2.05) is 0 Å². The van der Waals surface area contributed by atoms with E-state index in [2.05, 4.69) is 28.5 Å². The van der Waals surface area contributed by atoms with Crippen molar-refractivity contribution in [1.29, 1.82) is 0 Å². The molecule has 0 spiro atoms. The van der Waals surface area contributed by atoms with E-state index in [-0.39, 0.29) is 34.5 Å². The van der Waals surface area contributed by atoms with Crippen molar-refractivity contribution in [3.8, 4) is 0 Å². The molecule has 7 nitrogen and oxygen atoms in total. The summed E-state index contributed by atoms with van der Waals surface area (Å²) in [5.74, 6) is 0. The fourth-order valence-corrected chi connectivity index (χ4v) is 1.96. The van der Waals surface area contributed by atoms with Crippen LogP contribution in [0, 0.1) is 0 Å². The van der Waals surface area contributed by atoms with Gasteiger partial charge in [-0.05, 0) is 18.2 Å². The van der Waals surface area contributed by atoms with E-state index >= 15 is 0 Å². The summed E-state index contributed by atoms with van der Waals surface area (Å²) >= 11 is 4.08. The van der Waals surface area contributed by atoms with Crippen LogP contribution in [-0.2, 0) is 10.1 Å². The zero-order valence-corrected chi connectivity index (χ0v) is 12.5. The maximum Gasteiger partial charge on any atom is 1.00 e. The Hall–Kier alpha value is -0.320. The van der Waals surface area contributed by atoms with Gasteiger partial charge < -0.3 is 4.55 Å². The zero-order valence-electron chi connectivity index (χ0n) is 8.81. The van der Waals surface area contributed by atoms with Crippen molar-refractivity contribution >= 4 is 28.4 Å². The summed E-state index contributed by atoms with van der Waals surface area (Å²) in [7, 11) is -4.46. The minimum atomic E-state index is -4.46. The second-order valence-electron chi connectivity index (χ2n) is 2.98. The van der Waals surface area contributed by atoms with Crippen molar-refractivity contribution in [3.05, 3.63) is 24.3 Å². The third-order valence-electron chi connectivity index (χ3n) is 1.93. The molecule has 0 saturated carbocycles. The Kier molecular flexibility index (Phi) is 4.81. The first kappa shape index (κ1) is 14.7. The zero-order chi connectivity index (χ0) is 11.8. The van der Waals surface area contributed by atoms with Crippen LogP contribution in [0.1, 0.15) is 0 Å². The molecule has 1 aromatic carbocycles. The maximum absolute atomic E-state index is 10.8. The summed E-state index contributed by atoms with van der Waals surface area (Å²) in [5, 5.41) is 8.59. The van der Waals surface area contributed by atoms with Crippen LogP contribution >= 0.6 is 12.6 Å². The summed E-state index contributed by atoms with van der Waals surface area (Å²) in [6.45, 7) is 0. The minimum Gasteiger partial charge on any atom is -0.744 e. The molecular weight excluding hydrogens is 275 g/mol. The predicted octanol–water partition coefficient (Wildman–Crippen LogP) is -2.50. The fraction of sp³-hybridized carbons (Fsp3) is 0.143. The van der Waals surface area contributed by atoms with Crippen molar-refractivity contribution in [2.75, 3.05) is 5.01 Å². The number of hydrogen-bond donors (Lipinski definition) is 2. The molecule has 0 aliphatic carbocycles. The molecule has 0 radical (unpaired) electrons. The topological polar surface area (TPSA) is 97.2 Å². The Morgan fingerprint density at radius 2 is 2.18 bits per heavy atom. The summed E-state index contributed by atoms with van der Waals surface area (Å²) < 4.78 is 32.5. The van der Waals surface area contributed by atoms with Crippen LogP contribution in [-0.4, -0.2) is 18.5 Å². The van der Waals surface area contributed by atoms with E-state index in [1.54, 1.807) is 6.07 Å². The summed E-state index contributed by atoms with van der Waals surface area (Å²) in [6.07, 6.45) is 0. The average Bonchev–Trinajstić information content (AvgIpc) is 2.63. The number of hydrazine groups is 1. The number of hydrogen-bond acceptors (Lipinski definition) is 8. The Morgan fingerprint density at radius 1 is 1.47 bits per heavy atom. The second kappa shape index (κ2) is 5.55. The first-order valence-electron chi connectivity index (χ1n) is 4.17. The number of nitrogens with one attached hydrogen (secondary N) is 1. The fourth-order valence-electron chi connectivity index (χ4n) is 1.21. The van der Waals surface area contributed by atoms with Gasteiger partial charge in [-0.25, -0.2) is 13.4 Å². The van der Waals surface area contributed by atoms with Crippen LogP contribution in [0.15, 0.2) is 39.5 Å². The van der Waals surface area contributed by atoms with Gasteiger partial charge in [-0.3, -0.25) is 0 Å². The van der Waals surface area contributed by atoms with Crippen molar-refractivity contribution < 1.29 is 42.5 Å². The van der Waals surface area contributed by atoms with E-state index in [0.717, 1.165) is 0 Å². The first-order valence-corrected chi connectivity index (χ1v) is 6.10. The number of rotatable bonds is 2. The van der Waals surface area contributed by atoms with E-state index in [0.29, 0.717) is 5.69 Å². The van der Waals surface area contributed by atoms with Crippen LogP contribution in [0.4, 0.5) is 5.69 Å². The quantitative estimate of drug-likeness (QED) is 0.355. The van der Waals surface area contributed by atoms with Crippen molar-refractivity contribution in [2.45, 2.75) is 10.4 Å². The van der Waals surface area contributed by atoms with Crippen molar-refractivity contribution in [2.24, 2.45) is 10.3 Å². The second-order valence-corrected chi connectivity index (χ2v) is 4.82. The molecule has 1 N–H and O–H groups in total. The minimum absolute atomic E-state index is 0. The van der Waals surface area contributed by atoms with Crippen LogP contribution in [0.3, 0.4) is 0 Å². The molecule has 0 saturated heterocycles. The Bertz CT molecular complexity index is 536. The van der Waals surface area contributed by atoms with Crippen LogP contribution < -0.4 is 40.1 Å². The average molecular weight is 282 g/mol. The summed E-state index contributed by atoms with van der Waals surface area (Å²) in [6, 6.07) is 5.53. The Morgan fingerprint density at radius 3 is 2.71 bits per heavy atom. The van der Waals surface area contributed by atoms with Gasteiger partial charge in [0.25, 0.3) is 0 Å². The molecule has 0 bridgehead atoms. The van der Waals surface area contributed by atoms with Crippen LogP contribution in [0.2, 0.25) is 0 Å². The predicted molar refractivity (Wildman–Crippen MR) is 57.6 cm³/mol. The molecule has 0 aromatic heterocycles. The van der Waals surface area contributed by atoms with Gasteiger partial charge in [-0.15, -0.1) is 17.7 Å². The third-order valence-corrected chi connectivity index (χ3v) is 3.09. The molecule has 86 valence electrons. The van der Waals surface area contributed by atoms with Gasteiger partial charge in [0.2, 0.25) is 5.50 Å². The monoisotopic (exact) mass is 282 g/mol. The molecule has 1 aromatic rings. The van der Waals surface area contributed by atoms with Gasteiger partial charge in [0, 0.05) is 0 Å². The van der Waals surface area contributed by atoms with E-state index < -0.39 is 15.6 Å². The van der Waals surface area contributed by atoms with Crippen LogP contribution in [0.25, 0.3) is 0 Å². The van der Waals surface area contributed by atoms with Crippen molar-refractivity contribution in [1.82, 2.24) is 5.53 Å². The van der Waals surface area contributed by atoms with Gasteiger partial charge in [0.1, 0.15) is 10.1 Å². The molecule has 2 rings (SSSR count). The molecule has 1 heterocycles. The number of nitrogens with zero attached hydrogens (tertiary/aromatic N) is 3. The maximum atomic E-state index is 10.8. The molecule has 17 heavy (non-hydrogen) atoms. The van der Waals surface area contributed by atoms with Crippen molar-refractivity contribution in [3.63, 3.8) is 0 Å². The standard InChI is InChI=1S/C7H8N4O3S2.Na/c12-16(13,14)6-3-1-2-5(4-6)11-7(15)8-9-10-11;/h1-4,7,15H,(H,8,10)(H,12,13,14);/q;+1/p-1. The van der Waals surface area contributed by atoms with E-state index in [4.69, 9.17) is 0 Å². The molecule has 1 aliphatic rings. The molecule has 1 atom stereocenters. The van der Waals surface area contributed by atoms with Gasteiger partial charge in [0.05, 0.1) is 10.6 Å². The van der Waals surface area contributed by atoms with Gasteiger partial charge in [-0.2, -0.15) is 5.53 Å². The SMILES string of the molecule is O=S(=O)([O-])c1cccc(N2NN=NC2S)c1.[Na+]. The molecule has 0 fully saturated rings. The van der Waals surface area contributed by atoms with E-state index in [9.17, 15) is 13.0 Å². The number of benzene rings is 1. The molecule has 1 unspecified atom stereocenters. The molecule has 1 aliphatic heterocycles. The van der Waals surface area contributed by atoms with Gasteiger partial charge in [0.15, 0.2) is 0 Å². The largest absolute Gasteiger partial charge is 1.00 e. The van der Waals surface area contributed by atoms with Gasteiger partial charge >= 0.3 is 29.6 Å². The molecular formula is C7H7N4NaO3S2. The Labute approximate surface area is 126 Å². The summed E-state index contributed by atoms with van der Waals surface area (Å²) in [4.78, 5) is -0.306. The van der Waals surface area contributed by atoms with Gasteiger partial charge in [-0.1, -0.05) is 11.3 Å². The Balaban J connectivity index is 0.00000144. The number of anilines is 1.